The summed E-state index contributed by atoms with van der Waals surface area (Å²) < 4.78 is 41.8. The van der Waals surface area contributed by atoms with Crippen molar-refractivity contribution in [3.63, 3.8) is 0 Å². The van der Waals surface area contributed by atoms with Gasteiger partial charge in [-0.1, -0.05) is 0 Å². The summed E-state index contributed by atoms with van der Waals surface area (Å²) in [6.45, 7) is 1.43. The Morgan fingerprint density at radius 2 is 2.35 bits per heavy atom. The fourth-order valence-corrected chi connectivity index (χ4v) is 2.25. The number of carbonyl (C=O) groups excluding carboxylic acids is 1. The summed E-state index contributed by atoms with van der Waals surface area (Å²) >= 11 is 0. The van der Waals surface area contributed by atoms with Crippen molar-refractivity contribution in [2.24, 2.45) is 5.92 Å². The monoisotopic (exact) mass is 291 g/mol. The van der Waals surface area contributed by atoms with Crippen LogP contribution in [0.4, 0.5) is 13.2 Å². The van der Waals surface area contributed by atoms with Crippen molar-refractivity contribution in [3.05, 3.63) is 17.8 Å². The lowest BCUT2D eigenvalue weighted by Gasteiger charge is -2.17. The zero-order chi connectivity index (χ0) is 14.8. The molecule has 0 saturated carbocycles. The lowest BCUT2D eigenvalue weighted by molar-refractivity contribution is -0.144. The molecular formula is C12H16F3N3O2. The fourth-order valence-electron chi connectivity index (χ4n) is 2.25. The summed E-state index contributed by atoms with van der Waals surface area (Å²) in [5, 5.41) is 2.67. The maximum atomic E-state index is 12.3. The molecule has 2 heterocycles. The molecule has 1 fully saturated rings. The highest BCUT2D eigenvalue weighted by molar-refractivity contribution is 5.79. The van der Waals surface area contributed by atoms with E-state index >= 15 is 0 Å². The summed E-state index contributed by atoms with van der Waals surface area (Å²) in [6, 6.07) is 0. The van der Waals surface area contributed by atoms with Gasteiger partial charge in [0.15, 0.2) is 6.39 Å². The van der Waals surface area contributed by atoms with Crippen molar-refractivity contribution < 1.29 is 22.4 Å². The Bertz CT molecular complexity index is 473. The smallest absolute Gasteiger partial charge is 0.401 e. The zero-order valence-electron chi connectivity index (χ0n) is 11.0. The Morgan fingerprint density at radius 3 is 2.95 bits per heavy atom. The molecule has 1 saturated heterocycles. The molecule has 1 unspecified atom stereocenters. The van der Waals surface area contributed by atoms with Crippen molar-refractivity contribution >= 4 is 5.91 Å². The normalized spacial score (nSPS) is 20.3. The molecule has 1 aromatic rings. The van der Waals surface area contributed by atoms with Gasteiger partial charge in [0.25, 0.3) is 0 Å². The van der Waals surface area contributed by atoms with E-state index in [1.165, 1.54) is 11.3 Å². The molecular weight excluding hydrogens is 275 g/mol. The van der Waals surface area contributed by atoms with Gasteiger partial charge in [0.1, 0.15) is 5.76 Å². The number of oxazole rings is 1. The van der Waals surface area contributed by atoms with E-state index in [1.54, 1.807) is 6.92 Å². The van der Waals surface area contributed by atoms with Crippen LogP contribution in [-0.2, 0) is 11.3 Å². The minimum Gasteiger partial charge on any atom is -0.446 e. The molecule has 1 aliphatic rings. The molecule has 0 spiro atoms. The SMILES string of the molecule is Cc1ncoc1CNC(=O)C1CCN(CC(F)(F)F)C1. The highest BCUT2D eigenvalue weighted by Crippen LogP contribution is 2.22. The first-order valence-electron chi connectivity index (χ1n) is 6.31. The third-order valence-electron chi connectivity index (χ3n) is 3.31. The Morgan fingerprint density at radius 1 is 1.60 bits per heavy atom. The molecule has 1 aliphatic heterocycles. The van der Waals surface area contributed by atoms with E-state index in [9.17, 15) is 18.0 Å². The van der Waals surface area contributed by atoms with Gasteiger partial charge in [0.2, 0.25) is 5.91 Å². The van der Waals surface area contributed by atoms with Crippen molar-refractivity contribution in [2.45, 2.75) is 26.1 Å². The minimum atomic E-state index is -4.22. The van der Waals surface area contributed by atoms with Crippen LogP contribution in [0, 0.1) is 12.8 Å². The molecule has 5 nitrogen and oxygen atoms in total. The largest absolute Gasteiger partial charge is 0.446 e. The number of hydrogen-bond acceptors (Lipinski definition) is 4. The van der Waals surface area contributed by atoms with Gasteiger partial charge in [0, 0.05) is 6.54 Å². The minimum absolute atomic E-state index is 0.140. The van der Waals surface area contributed by atoms with E-state index in [0.717, 1.165) is 0 Å². The molecule has 1 amide bonds. The molecule has 0 aliphatic carbocycles. The third-order valence-corrected chi connectivity index (χ3v) is 3.31. The van der Waals surface area contributed by atoms with Gasteiger partial charge in [-0.25, -0.2) is 4.98 Å². The van der Waals surface area contributed by atoms with Crippen LogP contribution in [-0.4, -0.2) is 41.6 Å². The number of nitrogens with zero attached hydrogens (tertiary/aromatic N) is 2. The number of halogens is 3. The first kappa shape index (κ1) is 14.8. The van der Waals surface area contributed by atoms with Gasteiger partial charge in [0.05, 0.1) is 24.7 Å². The number of likely N-dealkylation sites (tertiary alicyclic amines) is 1. The van der Waals surface area contributed by atoms with Crippen LogP contribution in [0.25, 0.3) is 0 Å². The van der Waals surface area contributed by atoms with E-state index in [1.807, 2.05) is 0 Å². The molecule has 0 radical (unpaired) electrons. The number of nitrogens with one attached hydrogen (secondary N) is 1. The number of amides is 1. The predicted octanol–water partition coefficient (Wildman–Crippen LogP) is 1.48. The van der Waals surface area contributed by atoms with Crippen molar-refractivity contribution in [3.8, 4) is 0 Å². The Labute approximate surface area is 114 Å². The van der Waals surface area contributed by atoms with Crippen molar-refractivity contribution in [1.82, 2.24) is 15.2 Å². The van der Waals surface area contributed by atoms with Crippen LogP contribution in [0.1, 0.15) is 17.9 Å². The number of aromatic nitrogens is 1. The molecule has 1 atom stereocenters. The van der Waals surface area contributed by atoms with Crippen LogP contribution >= 0.6 is 0 Å². The summed E-state index contributed by atoms with van der Waals surface area (Å²) in [7, 11) is 0. The lowest BCUT2D eigenvalue weighted by Crippen LogP contribution is -2.35. The first-order valence-corrected chi connectivity index (χ1v) is 6.31. The maximum absolute atomic E-state index is 12.3. The maximum Gasteiger partial charge on any atom is 0.401 e. The van der Waals surface area contributed by atoms with E-state index in [4.69, 9.17) is 4.42 Å². The number of aryl methyl sites for hydroxylation is 1. The van der Waals surface area contributed by atoms with E-state index in [2.05, 4.69) is 10.3 Å². The topological polar surface area (TPSA) is 58.4 Å². The standard InChI is InChI=1S/C12H16F3N3O2/c1-8-10(20-7-17-8)4-16-11(19)9-2-3-18(5-9)6-12(13,14)15/h7,9H,2-6H2,1H3,(H,16,19). The zero-order valence-corrected chi connectivity index (χ0v) is 11.0. The highest BCUT2D eigenvalue weighted by Gasteiger charge is 2.36. The van der Waals surface area contributed by atoms with Crippen LogP contribution in [0.15, 0.2) is 10.8 Å². The second-order valence-electron chi connectivity index (χ2n) is 4.91. The average Bonchev–Trinajstić information content (AvgIpc) is 2.93. The summed E-state index contributed by atoms with van der Waals surface area (Å²) in [5.41, 5.74) is 0.690. The molecule has 1 aromatic heterocycles. The molecule has 1 N–H and O–H groups in total. The van der Waals surface area contributed by atoms with Crippen molar-refractivity contribution in [1.29, 1.82) is 0 Å². The predicted molar refractivity (Wildman–Crippen MR) is 63.7 cm³/mol. The van der Waals surface area contributed by atoms with E-state index in [-0.39, 0.29) is 19.0 Å². The van der Waals surface area contributed by atoms with Gasteiger partial charge in [-0.15, -0.1) is 0 Å². The Balaban J connectivity index is 1.78. The van der Waals surface area contributed by atoms with E-state index in [0.29, 0.717) is 24.4 Å². The van der Waals surface area contributed by atoms with Crippen LogP contribution in [0.5, 0.6) is 0 Å². The number of hydrogen-bond donors (Lipinski definition) is 1. The second kappa shape index (κ2) is 5.82. The number of rotatable bonds is 4. The van der Waals surface area contributed by atoms with Gasteiger partial charge >= 0.3 is 6.18 Å². The molecule has 20 heavy (non-hydrogen) atoms. The van der Waals surface area contributed by atoms with Gasteiger partial charge in [-0.2, -0.15) is 13.2 Å². The Kier molecular flexibility index (Phi) is 4.32. The van der Waals surface area contributed by atoms with Gasteiger partial charge in [-0.3, -0.25) is 9.69 Å². The lowest BCUT2D eigenvalue weighted by atomic mass is 10.1. The molecule has 2 rings (SSSR count). The Hall–Kier alpha value is -1.57. The molecule has 112 valence electrons. The number of carbonyl (C=O) groups is 1. The molecule has 0 bridgehead atoms. The van der Waals surface area contributed by atoms with Crippen molar-refractivity contribution in [2.75, 3.05) is 19.6 Å². The fraction of sp³-hybridized carbons (Fsp3) is 0.667. The van der Waals surface area contributed by atoms with Crippen LogP contribution in [0.2, 0.25) is 0 Å². The first-order chi connectivity index (χ1) is 9.35. The summed E-state index contributed by atoms with van der Waals surface area (Å²) in [4.78, 5) is 17.0. The molecule has 8 heteroatoms. The second-order valence-corrected chi connectivity index (χ2v) is 4.91. The van der Waals surface area contributed by atoms with E-state index < -0.39 is 18.6 Å². The van der Waals surface area contributed by atoms with Gasteiger partial charge in [-0.05, 0) is 19.9 Å². The highest BCUT2D eigenvalue weighted by atomic mass is 19.4. The van der Waals surface area contributed by atoms with Crippen LogP contribution in [0.3, 0.4) is 0 Å². The third kappa shape index (κ3) is 3.96. The molecule has 0 aromatic carbocycles. The number of alkyl halides is 3. The summed E-state index contributed by atoms with van der Waals surface area (Å²) in [5.74, 6) is -0.0884. The average molecular weight is 291 g/mol. The van der Waals surface area contributed by atoms with Crippen LogP contribution < -0.4 is 5.32 Å². The van der Waals surface area contributed by atoms with Gasteiger partial charge < -0.3 is 9.73 Å². The summed E-state index contributed by atoms with van der Waals surface area (Å²) in [6.07, 6.45) is -2.49. The quantitative estimate of drug-likeness (QED) is 0.913.